The summed E-state index contributed by atoms with van der Waals surface area (Å²) in [6.07, 6.45) is 2.51. The third-order valence-corrected chi connectivity index (χ3v) is 4.99. The molecule has 1 aromatic carbocycles. The summed E-state index contributed by atoms with van der Waals surface area (Å²) >= 11 is 0. The molecule has 1 saturated heterocycles. The van der Waals surface area contributed by atoms with Crippen LogP contribution in [0.25, 0.3) is 0 Å². The fraction of sp³-hybridized carbons (Fsp3) is 0.750. The van der Waals surface area contributed by atoms with Crippen LogP contribution >= 0.6 is 0 Å². The molecule has 0 spiro atoms. The van der Waals surface area contributed by atoms with E-state index in [1.165, 1.54) is 31.5 Å². The molecule has 0 amide bonds. The molecule has 0 unspecified atom stereocenters. The molecule has 0 bridgehead atoms. The molecule has 0 saturated carbocycles. The standard InChI is InChI=1S/C24H42N2O2/c1-23(2,3)19-27-22-9-7-20(8-10-22)17-25-13-16-26-14-11-21(12-15-26)18-28-24(4,5)6/h7-10,21,25H,11-19H2,1-6H3. The third-order valence-electron chi connectivity index (χ3n) is 4.99. The Balaban J connectivity index is 1.57. The number of nitrogens with one attached hydrogen (secondary N) is 1. The molecule has 4 nitrogen and oxygen atoms in total. The lowest BCUT2D eigenvalue weighted by atomic mass is 9.97. The average molecular weight is 391 g/mol. The monoisotopic (exact) mass is 390 g/mol. The quantitative estimate of drug-likeness (QED) is 0.618. The molecule has 0 aromatic heterocycles. The number of nitrogens with zero attached hydrogens (tertiary/aromatic N) is 1. The van der Waals surface area contributed by atoms with Gasteiger partial charge in [-0.05, 0) is 75.7 Å². The molecule has 0 aliphatic carbocycles. The zero-order valence-electron chi connectivity index (χ0n) is 19.0. The van der Waals surface area contributed by atoms with Gasteiger partial charge >= 0.3 is 0 Å². The van der Waals surface area contributed by atoms with Crippen molar-refractivity contribution in [2.24, 2.45) is 11.3 Å². The van der Waals surface area contributed by atoms with E-state index in [0.29, 0.717) is 0 Å². The molecule has 1 aliphatic rings. The largest absolute Gasteiger partial charge is 0.493 e. The lowest BCUT2D eigenvalue weighted by Crippen LogP contribution is -2.39. The SMILES string of the molecule is CC(C)(C)COc1ccc(CNCCN2CCC(COC(C)(C)C)CC2)cc1. The van der Waals surface area contributed by atoms with Gasteiger partial charge in [0.25, 0.3) is 0 Å². The summed E-state index contributed by atoms with van der Waals surface area (Å²) in [7, 11) is 0. The summed E-state index contributed by atoms with van der Waals surface area (Å²) in [5.74, 6) is 1.68. The van der Waals surface area contributed by atoms with Gasteiger partial charge in [0.2, 0.25) is 0 Å². The Morgan fingerprint density at radius 3 is 2.21 bits per heavy atom. The van der Waals surface area contributed by atoms with Crippen molar-refractivity contribution in [1.82, 2.24) is 10.2 Å². The van der Waals surface area contributed by atoms with Crippen molar-refractivity contribution in [2.75, 3.05) is 39.4 Å². The zero-order chi connectivity index (χ0) is 20.6. The molecule has 4 heteroatoms. The lowest BCUT2D eigenvalue weighted by Gasteiger charge is -2.33. The van der Waals surface area contributed by atoms with E-state index in [1.54, 1.807) is 0 Å². The summed E-state index contributed by atoms with van der Waals surface area (Å²) in [4.78, 5) is 2.57. The highest BCUT2D eigenvalue weighted by molar-refractivity contribution is 5.27. The van der Waals surface area contributed by atoms with E-state index in [-0.39, 0.29) is 11.0 Å². The van der Waals surface area contributed by atoms with Crippen molar-refractivity contribution < 1.29 is 9.47 Å². The fourth-order valence-corrected chi connectivity index (χ4v) is 3.22. The number of likely N-dealkylation sites (tertiary alicyclic amines) is 1. The summed E-state index contributed by atoms with van der Waals surface area (Å²) in [6, 6.07) is 8.47. The fourth-order valence-electron chi connectivity index (χ4n) is 3.22. The van der Waals surface area contributed by atoms with E-state index in [9.17, 15) is 0 Å². The minimum Gasteiger partial charge on any atom is -0.493 e. The van der Waals surface area contributed by atoms with E-state index < -0.39 is 0 Å². The van der Waals surface area contributed by atoms with Crippen molar-refractivity contribution in [2.45, 2.75) is 66.5 Å². The smallest absolute Gasteiger partial charge is 0.119 e. The van der Waals surface area contributed by atoms with Crippen LogP contribution in [0.15, 0.2) is 24.3 Å². The highest BCUT2D eigenvalue weighted by atomic mass is 16.5. The predicted octanol–water partition coefficient (Wildman–Crippen LogP) is 4.73. The van der Waals surface area contributed by atoms with Crippen LogP contribution in [0.5, 0.6) is 5.75 Å². The Kier molecular flexibility index (Phi) is 8.79. The molecule has 160 valence electrons. The van der Waals surface area contributed by atoms with Gasteiger partial charge in [-0.1, -0.05) is 32.9 Å². The Labute approximate surface area is 173 Å². The van der Waals surface area contributed by atoms with Gasteiger partial charge in [0.15, 0.2) is 0 Å². The predicted molar refractivity (Wildman–Crippen MR) is 118 cm³/mol. The molecule has 1 aromatic rings. The van der Waals surface area contributed by atoms with Crippen LogP contribution in [0.1, 0.15) is 59.9 Å². The normalized spacial score (nSPS) is 17.1. The van der Waals surface area contributed by atoms with Gasteiger partial charge in [0.05, 0.1) is 18.8 Å². The van der Waals surface area contributed by atoms with Crippen molar-refractivity contribution >= 4 is 0 Å². The van der Waals surface area contributed by atoms with E-state index in [1.807, 2.05) is 0 Å². The average Bonchev–Trinajstić information content (AvgIpc) is 2.62. The Morgan fingerprint density at radius 2 is 1.64 bits per heavy atom. The number of piperidine rings is 1. The summed E-state index contributed by atoms with van der Waals surface area (Å²) in [6.45, 7) is 20.1. The second-order valence-corrected chi connectivity index (χ2v) is 10.4. The van der Waals surface area contributed by atoms with E-state index in [4.69, 9.17) is 9.47 Å². The van der Waals surface area contributed by atoms with Crippen LogP contribution in [0, 0.1) is 11.3 Å². The van der Waals surface area contributed by atoms with Crippen LogP contribution in [0.3, 0.4) is 0 Å². The van der Waals surface area contributed by atoms with Gasteiger partial charge in [-0.15, -0.1) is 0 Å². The van der Waals surface area contributed by atoms with Gasteiger partial charge in [-0.25, -0.2) is 0 Å². The maximum atomic E-state index is 5.95. The Bertz CT molecular complexity index is 549. The number of hydrogen-bond donors (Lipinski definition) is 1. The highest BCUT2D eigenvalue weighted by Gasteiger charge is 2.21. The number of hydrogen-bond acceptors (Lipinski definition) is 4. The van der Waals surface area contributed by atoms with Gasteiger partial charge in [0.1, 0.15) is 5.75 Å². The molecule has 1 aliphatic heterocycles. The van der Waals surface area contributed by atoms with Crippen LogP contribution in [-0.2, 0) is 11.3 Å². The van der Waals surface area contributed by atoms with Crippen LogP contribution in [0.4, 0.5) is 0 Å². The van der Waals surface area contributed by atoms with Crippen molar-refractivity contribution in [3.63, 3.8) is 0 Å². The topological polar surface area (TPSA) is 33.7 Å². The number of benzene rings is 1. The summed E-state index contributed by atoms with van der Waals surface area (Å²) < 4.78 is 11.8. The molecule has 1 heterocycles. The van der Waals surface area contributed by atoms with Gasteiger partial charge < -0.3 is 19.7 Å². The van der Waals surface area contributed by atoms with Crippen LogP contribution in [-0.4, -0.2) is 49.9 Å². The first-order valence-corrected chi connectivity index (χ1v) is 10.9. The summed E-state index contributed by atoms with van der Waals surface area (Å²) in [5, 5.41) is 3.57. The molecular formula is C24H42N2O2. The minimum absolute atomic E-state index is 0.0159. The van der Waals surface area contributed by atoms with Gasteiger partial charge in [-0.2, -0.15) is 0 Å². The first kappa shape index (κ1) is 23.2. The molecule has 28 heavy (non-hydrogen) atoms. The van der Waals surface area contributed by atoms with Crippen molar-refractivity contribution in [1.29, 1.82) is 0 Å². The molecule has 0 atom stereocenters. The summed E-state index contributed by atoms with van der Waals surface area (Å²) in [5.41, 5.74) is 1.48. The molecule has 1 fully saturated rings. The maximum absolute atomic E-state index is 5.95. The number of ether oxygens (including phenoxy) is 2. The molecule has 2 rings (SSSR count). The van der Waals surface area contributed by atoms with E-state index in [2.05, 4.69) is 76.0 Å². The Morgan fingerprint density at radius 1 is 1.00 bits per heavy atom. The maximum Gasteiger partial charge on any atom is 0.119 e. The van der Waals surface area contributed by atoms with E-state index >= 15 is 0 Å². The van der Waals surface area contributed by atoms with Gasteiger partial charge in [-0.3, -0.25) is 0 Å². The third kappa shape index (κ3) is 9.90. The number of rotatable bonds is 9. The van der Waals surface area contributed by atoms with Crippen molar-refractivity contribution in [3.05, 3.63) is 29.8 Å². The molecular weight excluding hydrogens is 348 g/mol. The van der Waals surface area contributed by atoms with E-state index in [0.717, 1.165) is 44.5 Å². The molecule has 1 N–H and O–H groups in total. The lowest BCUT2D eigenvalue weighted by molar-refractivity contribution is -0.0323. The highest BCUT2D eigenvalue weighted by Crippen LogP contribution is 2.20. The van der Waals surface area contributed by atoms with Crippen molar-refractivity contribution in [3.8, 4) is 5.75 Å². The molecule has 0 radical (unpaired) electrons. The van der Waals surface area contributed by atoms with Gasteiger partial charge in [0, 0.05) is 19.6 Å². The van der Waals surface area contributed by atoms with Crippen LogP contribution in [0.2, 0.25) is 0 Å². The zero-order valence-corrected chi connectivity index (χ0v) is 19.0. The second kappa shape index (κ2) is 10.6. The first-order valence-electron chi connectivity index (χ1n) is 10.9. The second-order valence-electron chi connectivity index (χ2n) is 10.4. The first-order chi connectivity index (χ1) is 13.1. The minimum atomic E-state index is -0.0159. The van der Waals surface area contributed by atoms with Crippen LogP contribution < -0.4 is 10.1 Å². The Hall–Kier alpha value is -1.10.